The summed E-state index contributed by atoms with van der Waals surface area (Å²) >= 11 is 1.77. The molecule has 3 rings (SSSR count). The predicted molar refractivity (Wildman–Crippen MR) is 142 cm³/mol. The maximum Gasteiger partial charge on any atom is 0.191 e. The summed E-state index contributed by atoms with van der Waals surface area (Å²) in [6.07, 6.45) is 0. The molecule has 1 saturated heterocycles. The average Bonchev–Trinajstić information content (AvgIpc) is 3.30. The van der Waals surface area contributed by atoms with Crippen LogP contribution in [0.5, 0.6) is 0 Å². The summed E-state index contributed by atoms with van der Waals surface area (Å²) in [5, 5.41) is 8.98. The summed E-state index contributed by atoms with van der Waals surface area (Å²) in [6.45, 7) is 7.33. The van der Waals surface area contributed by atoms with Gasteiger partial charge in [-0.2, -0.15) is 0 Å². The predicted octanol–water partition coefficient (Wildman–Crippen LogP) is 3.74. The lowest BCUT2D eigenvalue weighted by molar-refractivity contribution is 0.0179. The van der Waals surface area contributed by atoms with E-state index < -0.39 is 0 Å². The van der Waals surface area contributed by atoms with Gasteiger partial charge in [-0.15, -0.1) is 35.3 Å². The van der Waals surface area contributed by atoms with Crippen LogP contribution in [-0.4, -0.2) is 75.8 Å². The molecule has 178 valence electrons. The van der Waals surface area contributed by atoms with Crippen molar-refractivity contribution >= 4 is 41.3 Å². The minimum atomic E-state index is -0.216. The highest BCUT2D eigenvalue weighted by atomic mass is 127. The van der Waals surface area contributed by atoms with Crippen LogP contribution in [0.2, 0.25) is 0 Å². The number of halogens is 2. The molecule has 0 saturated carbocycles. The van der Waals surface area contributed by atoms with Gasteiger partial charge in [0.25, 0.3) is 0 Å². The van der Waals surface area contributed by atoms with Crippen molar-refractivity contribution < 1.29 is 9.13 Å². The fourth-order valence-electron chi connectivity index (χ4n) is 3.74. The fourth-order valence-corrected chi connectivity index (χ4v) is 4.66. The molecule has 32 heavy (non-hydrogen) atoms. The summed E-state index contributed by atoms with van der Waals surface area (Å²) in [7, 11) is 4.19. The third kappa shape index (κ3) is 7.95. The van der Waals surface area contributed by atoms with Gasteiger partial charge in [-0.1, -0.05) is 18.2 Å². The number of nitrogens with one attached hydrogen (secondary N) is 2. The second-order valence-corrected chi connectivity index (χ2v) is 8.79. The third-order valence-corrected chi connectivity index (χ3v) is 6.44. The van der Waals surface area contributed by atoms with Gasteiger partial charge in [0.1, 0.15) is 5.82 Å². The molecule has 2 unspecified atom stereocenters. The highest BCUT2D eigenvalue weighted by molar-refractivity contribution is 14.0. The van der Waals surface area contributed by atoms with Crippen molar-refractivity contribution in [3.8, 4) is 0 Å². The molecule has 1 aliphatic heterocycles. The highest BCUT2D eigenvalue weighted by Gasteiger charge is 2.23. The van der Waals surface area contributed by atoms with Crippen LogP contribution < -0.4 is 10.6 Å². The SMILES string of the molecule is CCNC(=NCC(c1ccc(F)cc1)N1CCOCC1)NCC(c1cccs1)N(C)C.I. The van der Waals surface area contributed by atoms with E-state index >= 15 is 0 Å². The summed E-state index contributed by atoms with van der Waals surface area (Å²) in [6, 6.07) is 11.4. The lowest BCUT2D eigenvalue weighted by Crippen LogP contribution is -2.43. The number of aliphatic imine (C=N–C) groups is 1. The van der Waals surface area contributed by atoms with E-state index in [0.717, 1.165) is 37.7 Å². The highest BCUT2D eigenvalue weighted by Crippen LogP contribution is 2.24. The monoisotopic (exact) mass is 575 g/mol. The lowest BCUT2D eigenvalue weighted by atomic mass is 10.0. The smallest absolute Gasteiger partial charge is 0.191 e. The Kier molecular flexibility index (Phi) is 11.9. The van der Waals surface area contributed by atoms with E-state index in [9.17, 15) is 4.39 Å². The third-order valence-electron chi connectivity index (χ3n) is 5.47. The first kappa shape index (κ1) is 27.0. The van der Waals surface area contributed by atoms with Crippen molar-refractivity contribution in [3.05, 3.63) is 58.0 Å². The van der Waals surface area contributed by atoms with E-state index in [1.54, 1.807) is 11.3 Å². The largest absolute Gasteiger partial charge is 0.379 e. The maximum atomic E-state index is 13.5. The van der Waals surface area contributed by atoms with Crippen molar-refractivity contribution in [3.63, 3.8) is 0 Å². The van der Waals surface area contributed by atoms with Gasteiger partial charge >= 0.3 is 0 Å². The van der Waals surface area contributed by atoms with Crippen LogP contribution in [0.25, 0.3) is 0 Å². The van der Waals surface area contributed by atoms with E-state index in [-0.39, 0.29) is 41.9 Å². The van der Waals surface area contributed by atoms with Crippen molar-refractivity contribution in [2.24, 2.45) is 4.99 Å². The van der Waals surface area contributed by atoms with Crippen LogP contribution >= 0.6 is 35.3 Å². The minimum Gasteiger partial charge on any atom is -0.379 e. The molecule has 1 aromatic carbocycles. The average molecular weight is 576 g/mol. The van der Waals surface area contributed by atoms with Crippen LogP contribution in [0.15, 0.2) is 46.8 Å². The van der Waals surface area contributed by atoms with Gasteiger partial charge in [0, 0.05) is 31.1 Å². The molecular weight excluding hydrogens is 540 g/mol. The zero-order valence-electron chi connectivity index (χ0n) is 19.1. The number of hydrogen-bond acceptors (Lipinski definition) is 5. The summed E-state index contributed by atoms with van der Waals surface area (Å²) in [5.41, 5.74) is 1.08. The Hall–Kier alpha value is -1.27. The van der Waals surface area contributed by atoms with Gasteiger partial charge in [-0.25, -0.2) is 4.39 Å². The molecule has 0 spiro atoms. The molecule has 1 aliphatic rings. The molecule has 6 nitrogen and oxygen atoms in total. The van der Waals surface area contributed by atoms with Gasteiger partial charge in [-0.3, -0.25) is 9.89 Å². The number of hydrogen-bond donors (Lipinski definition) is 2. The Balaban J connectivity index is 0.00000363. The van der Waals surface area contributed by atoms with E-state index in [1.165, 1.54) is 17.0 Å². The van der Waals surface area contributed by atoms with Crippen LogP contribution in [0.1, 0.15) is 29.4 Å². The first-order valence-electron chi connectivity index (χ1n) is 10.9. The number of guanidine groups is 1. The van der Waals surface area contributed by atoms with E-state index in [4.69, 9.17) is 9.73 Å². The Morgan fingerprint density at radius 3 is 2.50 bits per heavy atom. The molecule has 2 N–H and O–H groups in total. The molecule has 0 bridgehead atoms. The second kappa shape index (κ2) is 14.1. The first-order chi connectivity index (χ1) is 15.1. The topological polar surface area (TPSA) is 52.1 Å². The van der Waals surface area contributed by atoms with E-state index in [2.05, 4.69) is 59.0 Å². The molecule has 2 heterocycles. The van der Waals surface area contributed by atoms with E-state index in [1.807, 2.05) is 12.1 Å². The summed E-state index contributed by atoms with van der Waals surface area (Å²) in [5.74, 6) is 0.581. The molecule has 1 fully saturated rings. The Morgan fingerprint density at radius 1 is 1.19 bits per heavy atom. The van der Waals surface area contributed by atoms with E-state index in [0.29, 0.717) is 19.8 Å². The van der Waals surface area contributed by atoms with Crippen molar-refractivity contribution in [1.29, 1.82) is 0 Å². The number of ether oxygens (including phenoxy) is 1. The molecule has 1 aromatic heterocycles. The van der Waals surface area contributed by atoms with Gasteiger partial charge in [0.05, 0.1) is 31.8 Å². The molecule has 0 radical (unpaired) electrons. The number of likely N-dealkylation sites (N-methyl/N-ethyl adjacent to an activating group) is 1. The number of morpholine rings is 1. The van der Waals surface area contributed by atoms with Gasteiger partial charge < -0.3 is 20.3 Å². The zero-order chi connectivity index (χ0) is 22.1. The normalized spacial score (nSPS) is 17.0. The quantitative estimate of drug-likeness (QED) is 0.271. The molecule has 9 heteroatoms. The van der Waals surface area contributed by atoms with Gasteiger partial charge in [0.15, 0.2) is 5.96 Å². The number of rotatable bonds is 9. The number of thiophene rings is 1. The molecular formula is C23H35FIN5OS. The Morgan fingerprint density at radius 2 is 1.91 bits per heavy atom. The fraction of sp³-hybridized carbons (Fsp3) is 0.522. The summed E-state index contributed by atoms with van der Waals surface area (Å²) in [4.78, 5) is 10.8. The van der Waals surface area contributed by atoms with Crippen molar-refractivity contribution in [2.45, 2.75) is 19.0 Å². The maximum absolute atomic E-state index is 13.5. The Labute approximate surface area is 212 Å². The number of nitrogens with zero attached hydrogens (tertiary/aromatic N) is 3. The van der Waals surface area contributed by atoms with Crippen LogP contribution in [0, 0.1) is 5.82 Å². The minimum absolute atomic E-state index is 0. The standard InChI is InChI=1S/C23H34FN5OS.HI/c1-4-25-23(27-17-21(28(2)3)22-6-5-15-31-22)26-16-20(29-11-13-30-14-12-29)18-7-9-19(24)10-8-18;/h5-10,15,20-21H,4,11-14,16-17H2,1-3H3,(H2,25,26,27);1H. The summed E-state index contributed by atoms with van der Waals surface area (Å²) < 4.78 is 19.0. The van der Waals surface area contributed by atoms with Gasteiger partial charge in [0.2, 0.25) is 0 Å². The molecule has 2 aromatic rings. The van der Waals surface area contributed by atoms with Crippen molar-refractivity contribution in [2.75, 3.05) is 60.0 Å². The lowest BCUT2D eigenvalue weighted by Gasteiger charge is -2.34. The van der Waals surface area contributed by atoms with Crippen LogP contribution in [0.4, 0.5) is 4.39 Å². The zero-order valence-corrected chi connectivity index (χ0v) is 22.2. The van der Waals surface area contributed by atoms with Crippen molar-refractivity contribution in [1.82, 2.24) is 20.4 Å². The van der Waals surface area contributed by atoms with Gasteiger partial charge in [-0.05, 0) is 50.2 Å². The first-order valence-corrected chi connectivity index (χ1v) is 11.8. The molecule has 0 amide bonds. The van der Waals surface area contributed by atoms with Crippen LogP contribution in [0.3, 0.4) is 0 Å². The number of benzene rings is 1. The molecule has 0 aliphatic carbocycles. The molecule has 2 atom stereocenters. The second-order valence-electron chi connectivity index (χ2n) is 7.81. The Bertz CT molecular complexity index is 797. The van der Waals surface area contributed by atoms with Crippen LogP contribution in [-0.2, 0) is 4.74 Å².